The molecule has 12 heavy (non-hydrogen) atoms. The summed E-state index contributed by atoms with van der Waals surface area (Å²) >= 11 is 0. The molecule has 0 saturated heterocycles. The maximum Gasteiger partial charge on any atom is 0.189 e. The minimum atomic E-state index is -0.333. The van der Waals surface area contributed by atoms with Crippen LogP contribution in [0.15, 0.2) is 18.2 Å². The largest absolute Gasteiger partial charge is 0.467 e. The molecule has 1 aromatic carbocycles. The van der Waals surface area contributed by atoms with Crippen molar-refractivity contribution in [3.63, 3.8) is 0 Å². The number of rotatable bonds is 4. The Kier molecular flexibility index (Phi) is 3.54. The zero-order valence-electron chi connectivity index (χ0n) is 6.84. The van der Waals surface area contributed by atoms with Gasteiger partial charge in [-0.2, -0.15) is 0 Å². The molecule has 1 aromatic rings. The van der Waals surface area contributed by atoms with E-state index < -0.39 is 0 Å². The minimum Gasteiger partial charge on any atom is -0.467 e. The highest BCUT2D eigenvalue weighted by atomic mass is 19.1. The average molecular weight is 169 g/mol. The van der Waals surface area contributed by atoms with Gasteiger partial charge in [-0.05, 0) is 19.1 Å². The molecule has 0 aliphatic carbocycles. The van der Waals surface area contributed by atoms with E-state index in [1.807, 2.05) is 6.92 Å². The number of ether oxygens (including phenoxy) is 2. The van der Waals surface area contributed by atoms with Crippen LogP contribution in [-0.2, 0) is 4.74 Å². The maximum absolute atomic E-state index is 12.5. The van der Waals surface area contributed by atoms with Gasteiger partial charge in [0.1, 0.15) is 11.6 Å². The second-order valence-electron chi connectivity index (χ2n) is 2.13. The predicted molar refractivity (Wildman–Crippen MR) is 42.4 cm³/mol. The number of hydrogen-bond donors (Lipinski definition) is 0. The maximum atomic E-state index is 12.5. The normalized spacial score (nSPS) is 9.83. The van der Waals surface area contributed by atoms with Crippen LogP contribution in [0.4, 0.5) is 4.39 Å². The van der Waals surface area contributed by atoms with E-state index in [2.05, 4.69) is 6.07 Å². The van der Waals surface area contributed by atoms with Crippen LogP contribution in [-0.4, -0.2) is 13.4 Å². The summed E-state index contributed by atoms with van der Waals surface area (Å²) in [4.78, 5) is 0. The fourth-order valence-corrected chi connectivity index (χ4v) is 0.690. The van der Waals surface area contributed by atoms with Crippen LogP contribution in [0.25, 0.3) is 0 Å². The zero-order chi connectivity index (χ0) is 8.81. The number of benzene rings is 1. The summed E-state index contributed by atoms with van der Waals surface area (Å²) in [6.45, 7) is 2.57. The Balaban J connectivity index is 2.41. The lowest BCUT2D eigenvalue weighted by Gasteiger charge is -2.04. The van der Waals surface area contributed by atoms with Crippen LogP contribution in [0, 0.1) is 11.9 Å². The van der Waals surface area contributed by atoms with E-state index in [0.717, 1.165) is 0 Å². The van der Waals surface area contributed by atoms with Crippen molar-refractivity contribution in [3.8, 4) is 5.75 Å². The first-order valence-electron chi connectivity index (χ1n) is 3.70. The van der Waals surface area contributed by atoms with Gasteiger partial charge >= 0.3 is 0 Å². The predicted octanol–water partition coefficient (Wildman–Crippen LogP) is 2.00. The lowest BCUT2D eigenvalue weighted by Crippen LogP contribution is -2.02. The fraction of sp³-hybridized carbons (Fsp3) is 0.333. The Morgan fingerprint density at radius 2 is 2.42 bits per heavy atom. The molecule has 0 spiro atoms. The van der Waals surface area contributed by atoms with E-state index in [0.29, 0.717) is 12.4 Å². The second kappa shape index (κ2) is 4.72. The lowest BCUT2D eigenvalue weighted by molar-refractivity contribution is 0.0221. The Morgan fingerprint density at radius 1 is 1.58 bits per heavy atom. The van der Waals surface area contributed by atoms with Crippen LogP contribution < -0.4 is 4.74 Å². The molecule has 0 unspecified atom stereocenters. The molecule has 0 N–H and O–H groups in total. The van der Waals surface area contributed by atoms with Crippen LogP contribution in [0.2, 0.25) is 0 Å². The lowest BCUT2D eigenvalue weighted by atomic mass is 10.3. The molecule has 0 aliphatic heterocycles. The summed E-state index contributed by atoms with van der Waals surface area (Å²) in [5.41, 5.74) is 0. The number of hydrogen-bond acceptors (Lipinski definition) is 2. The Labute approximate surface area is 70.9 Å². The standard InChI is InChI=1S/C9H10FO2/c1-2-11-7-12-9-5-3-4-8(10)6-9/h3-4,6H,2,7H2,1H3. The first-order chi connectivity index (χ1) is 5.83. The molecule has 0 saturated carbocycles. The summed E-state index contributed by atoms with van der Waals surface area (Å²) in [7, 11) is 0. The highest BCUT2D eigenvalue weighted by Gasteiger charge is 1.94. The molecule has 0 amide bonds. The van der Waals surface area contributed by atoms with Gasteiger partial charge in [0, 0.05) is 18.7 Å². The topological polar surface area (TPSA) is 18.5 Å². The highest BCUT2D eigenvalue weighted by molar-refractivity contribution is 5.20. The van der Waals surface area contributed by atoms with E-state index in [-0.39, 0.29) is 12.6 Å². The van der Waals surface area contributed by atoms with Gasteiger partial charge in [-0.1, -0.05) is 0 Å². The molecule has 1 radical (unpaired) electrons. The van der Waals surface area contributed by atoms with Gasteiger partial charge in [0.05, 0.1) is 0 Å². The van der Waals surface area contributed by atoms with Crippen LogP contribution in [0.3, 0.4) is 0 Å². The quantitative estimate of drug-likeness (QED) is 0.507. The van der Waals surface area contributed by atoms with Crippen molar-refractivity contribution in [3.05, 3.63) is 30.1 Å². The molecule has 3 heteroatoms. The highest BCUT2D eigenvalue weighted by Crippen LogP contribution is 2.10. The first-order valence-corrected chi connectivity index (χ1v) is 3.70. The average Bonchev–Trinajstić information content (AvgIpc) is 2.05. The zero-order valence-corrected chi connectivity index (χ0v) is 6.84. The summed E-state index contributed by atoms with van der Waals surface area (Å²) < 4.78 is 22.5. The van der Waals surface area contributed by atoms with Gasteiger partial charge in [0.25, 0.3) is 0 Å². The molecular weight excluding hydrogens is 159 g/mol. The van der Waals surface area contributed by atoms with Gasteiger partial charge in [-0.25, -0.2) is 4.39 Å². The van der Waals surface area contributed by atoms with Crippen LogP contribution >= 0.6 is 0 Å². The smallest absolute Gasteiger partial charge is 0.189 e. The van der Waals surface area contributed by atoms with E-state index in [4.69, 9.17) is 9.47 Å². The van der Waals surface area contributed by atoms with Crippen molar-refractivity contribution in [2.75, 3.05) is 13.4 Å². The number of halogens is 1. The van der Waals surface area contributed by atoms with E-state index >= 15 is 0 Å². The summed E-state index contributed by atoms with van der Waals surface area (Å²) in [6, 6.07) is 6.77. The van der Waals surface area contributed by atoms with Crippen molar-refractivity contribution in [1.29, 1.82) is 0 Å². The molecule has 1 rings (SSSR count). The van der Waals surface area contributed by atoms with Crippen molar-refractivity contribution < 1.29 is 13.9 Å². The Hall–Kier alpha value is -1.09. The van der Waals surface area contributed by atoms with Gasteiger partial charge in [-0.3, -0.25) is 0 Å². The van der Waals surface area contributed by atoms with Crippen LogP contribution in [0.5, 0.6) is 5.75 Å². The molecule has 2 nitrogen and oxygen atoms in total. The molecule has 0 atom stereocenters. The second-order valence-corrected chi connectivity index (χ2v) is 2.13. The van der Waals surface area contributed by atoms with Crippen molar-refractivity contribution in [1.82, 2.24) is 0 Å². The van der Waals surface area contributed by atoms with E-state index in [1.54, 1.807) is 0 Å². The Bertz CT molecular complexity index is 238. The summed E-state index contributed by atoms with van der Waals surface area (Å²) in [5.74, 6) is 0.0312. The van der Waals surface area contributed by atoms with Gasteiger partial charge in [-0.15, -0.1) is 0 Å². The SMILES string of the molecule is CCOCOc1[c]ccc(F)c1. The van der Waals surface area contributed by atoms with Gasteiger partial charge in [0.2, 0.25) is 0 Å². The monoisotopic (exact) mass is 169 g/mol. The molecular formula is C9H10FO2. The van der Waals surface area contributed by atoms with E-state index in [9.17, 15) is 4.39 Å². The van der Waals surface area contributed by atoms with Crippen molar-refractivity contribution in [2.45, 2.75) is 6.92 Å². The minimum absolute atomic E-state index is 0.135. The third kappa shape index (κ3) is 2.88. The summed E-state index contributed by atoms with van der Waals surface area (Å²) in [6.07, 6.45) is 0. The molecule has 0 bridgehead atoms. The first kappa shape index (κ1) is 9.00. The molecule has 65 valence electrons. The Morgan fingerprint density at radius 3 is 3.08 bits per heavy atom. The van der Waals surface area contributed by atoms with Crippen molar-refractivity contribution in [2.24, 2.45) is 0 Å². The van der Waals surface area contributed by atoms with E-state index in [1.165, 1.54) is 18.2 Å². The van der Waals surface area contributed by atoms with Crippen LogP contribution in [0.1, 0.15) is 6.92 Å². The van der Waals surface area contributed by atoms with Crippen molar-refractivity contribution >= 4 is 0 Å². The molecule has 0 aliphatic rings. The summed E-state index contributed by atoms with van der Waals surface area (Å²) in [5, 5.41) is 0. The van der Waals surface area contributed by atoms with Gasteiger partial charge in [0.15, 0.2) is 6.79 Å². The molecule has 0 aromatic heterocycles. The molecule has 0 heterocycles. The third-order valence-corrected chi connectivity index (χ3v) is 1.24. The fourth-order valence-electron chi connectivity index (χ4n) is 0.690. The third-order valence-electron chi connectivity index (χ3n) is 1.24. The molecule has 0 fully saturated rings. The van der Waals surface area contributed by atoms with Gasteiger partial charge < -0.3 is 9.47 Å².